The largest absolute Gasteiger partial charge is 0.497 e. The van der Waals surface area contributed by atoms with Crippen LogP contribution in [0.25, 0.3) is 0 Å². The summed E-state index contributed by atoms with van der Waals surface area (Å²) in [5.74, 6) is -2.03. The standard InChI is InChI=1S/C29H29N3O8S/c1-4-39-29(36)24-20-7-5-6-8-23(20)41-27(24)31-25(33)26(34)32-30-16-17-9-14-21(22(15-17)38-3)40-28(35)18-10-12-19(37-2)13-11-18/h9-16H,4-8H2,1-3H3,(H,31,33)(H,32,34). The predicted octanol–water partition coefficient (Wildman–Crippen LogP) is 4.13. The fraction of sp³-hybridized carbons (Fsp3) is 0.276. The maximum atomic E-state index is 12.6. The lowest BCUT2D eigenvalue weighted by molar-refractivity contribution is -0.136. The molecule has 0 unspecified atom stereocenters. The lowest BCUT2D eigenvalue weighted by Gasteiger charge is -2.12. The first-order valence-corrected chi connectivity index (χ1v) is 13.7. The maximum Gasteiger partial charge on any atom is 0.343 e. The zero-order valence-electron chi connectivity index (χ0n) is 22.8. The normalized spacial score (nSPS) is 12.3. The Morgan fingerprint density at radius 3 is 2.39 bits per heavy atom. The van der Waals surface area contributed by atoms with E-state index in [0.717, 1.165) is 36.1 Å². The molecule has 41 heavy (non-hydrogen) atoms. The molecule has 0 saturated carbocycles. The van der Waals surface area contributed by atoms with Gasteiger partial charge in [-0.05, 0) is 86.2 Å². The Morgan fingerprint density at radius 2 is 1.68 bits per heavy atom. The number of carbonyl (C=O) groups is 4. The van der Waals surface area contributed by atoms with Crippen LogP contribution >= 0.6 is 11.3 Å². The molecule has 12 heteroatoms. The van der Waals surface area contributed by atoms with Crippen molar-refractivity contribution in [2.24, 2.45) is 5.10 Å². The van der Waals surface area contributed by atoms with E-state index in [1.807, 2.05) is 0 Å². The molecule has 2 N–H and O–H groups in total. The Balaban J connectivity index is 1.38. The average Bonchev–Trinajstić information content (AvgIpc) is 3.35. The number of benzene rings is 2. The molecule has 1 aliphatic carbocycles. The molecule has 2 amide bonds. The number of ether oxygens (including phenoxy) is 4. The molecule has 0 atom stereocenters. The molecule has 11 nitrogen and oxygen atoms in total. The van der Waals surface area contributed by atoms with E-state index in [4.69, 9.17) is 18.9 Å². The minimum absolute atomic E-state index is 0.185. The van der Waals surface area contributed by atoms with Gasteiger partial charge in [-0.25, -0.2) is 15.0 Å². The van der Waals surface area contributed by atoms with Crippen LogP contribution in [0.5, 0.6) is 17.2 Å². The highest BCUT2D eigenvalue weighted by molar-refractivity contribution is 7.17. The molecule has 0 bridgehead atoms. The van der Waals surface area contributed by atoms with Gasteiger partial charge in [0, 0.05) is 4.88 Å². The van der Waals surface area contributed by atoms with Crippen LogP contribution in [0.2, 0.25) is 0 Å². The summed E-state index contributed by atoms with van der Waals surface area (Å²) in [5.41, 5.74) is 4.20. The molecule has 0 saturated heterocycles. The van der Waals surface area contributed by atoms with Gasteiger partial charge in [0.1, 0.15) is 10.8 Å². The van der Waals surface area contributed by atoms with Crippen molar-refractivity contribution in [3.05, 3.63) is 69.6 Å². The fourth-order valence-corrected chi connectivity index (χ4v) is 5.46. The van der Waals surface area contributed by atoms with Crippen molar-refractivity contribution >= 4 is 46.3 Å². The van der Waals surface area contributed by atoms with Crippen molar-refractivity contribution in [2.75, 3.05) is 26.1 Å². The van der Waals surface area contributed by atoms with Crippen LogP contribution in [0.3, 0.4) is 0 Å². The second-order valence-electron chi connectivity index (χ2n) is 8.82. The monoisotopic (exact) mass is 579 g/mol. The van der Waals surface area contributed by atoms with Crippen LogP contribution in [-0.2, 0) is 27.2 Å². The average molecular weight is 580 g/mol. The van der Waals surface area contributed by atoms with Crippen molar-refractivity contribution in [3.8, 4) is 17.2 Å². The molecule has 0 aliphatic heterocycles. The number of fused-ring (bicyclic) bond motifs is 1. The quantitative estimate of drug-likeness (QED) is 0.127. The minimum Gasteiger partial charge on any atom is -0.497 e. The van der Waals surface area contributed by atoms with Gasteiger partial charge in [0.25, 0.3) is 0 Å². The number of hydrogen-bond acceptors (Lipinski definition) is 10. The number of methoxy groups -OCH3 is 2. The van der Waals surface area contributed by atoms with E-state index in [2.05, 4.69) is 15.8 Å². The summed E-state index contributed by atoms with van der Waals surface area (Å²) in [6, 6.07) is 11.1. The number of amides is 2. The summed E-state index contributed by atoms with van der Waals surface area (Å²) >= 11 is 1.29. The van der Waals surface area contributed by atoms with Crippen molar-refractivity contribution < 1.29 is 38.1 Å². The number of esters is 2. The van der Waals surface area contributed by atoms with Gasteiger partial charge in [0.15, 0.2) is 11.5 Å². The molecule has 214 valence electrons. The Hall–Kier alpha value is -4.71. The first-order valence-electron chi connectivity index (χ1n) is 12.8. The second kappa shape index (κ2) is 13.6. The summed E-state index contributed by atoms with van der Waals surface area (Å²) in [6.07, 6.45) is 4.76. The highest BCUT2D eigenvalue weighted by Gasteiger charge is 2.28. The molecule has 1 heterocycles. The van der Waals surface area contributed by atoms with Gasteiger partial charge in [-0.1, -0.05) is 0 Å². The number of hydrazone groups is 1. The second-order valence-corrected chi connectivity index (χ2v) is 9.92. The third-order valence-electron chi connectivity index (χ3n) is 6.18. The fourth-order valence-electron chi connectivity index (χ4n) is 4.18. The summed E-state index contributed by atoms with van der Waals surface area (Å²) in [4.78, 5) is 51.1. The molecular weight excluding hydrogens is 550 g/mol. The van der Waals surface area contributed by atoms with Crippen LogP contribution in [0, 0.1) is 0 Å². The zero-order chi connectivity index (χ0) is 29.4. The van der Waals surface area contributed by atoms with Crippen LogP contribution in [-0.4, -0.2) is 50.8 Å². The van der Waals surface area contributed by atoms with E-state index in [-0.39, 0.29) is 18.1 Å². The van der Waals surface area contributed by atoms with Crippen LogP contribution in [0.15, 0.2) is 47.6 Å². The van der Waals surface area contributed by atoms with Gasteiger partial charge in [0.2, 0.25) is 0 Å². The first-order chi connectivity index (χ1) is 19.8. The third-order valence-corrected chi connectivity index (χ3v) is 7.39. The van der Waals surface area contributed by atoms with Gasteiger partial charge in [-0.2, -0.15) is 5.10 Å². The Morgan fingerprint density at radius 1 is 0.927 bits per heavy atom. The molecule has 0 spiro atoms. The topological polar surface area (TPSA) is 142 Å². The van der Waals surface area contributed by atoms with Crippen LogP contribution < -0.4 is 25.0 Å². The number of anilines is 1. The Kier molecular flexibility index (Phi) is 9.69. The van der Waals surface area contributed by atoms with E-state index in [1.54, 1.807) is 43.3 Å². The highest BCUT2D eigenvalue weighted by atomic mass is 32.1. The Bertz CT molecular complexity index is 1480. The van der Waals surface area contributed by atoms with Gasteiger partial charge < -0.3 is 24.3 Å². The molecule has 0 radical (unpaired) electrons. The predicted molar refractivity (Wildman–Crippen MR) is 152 cm³/mol. The van der Waals surface area contributed by atoms with Crippen LogP contribution in [0.1, 0.15) is 56.5 Å². The smallest absolute Gasteiger partial charge is 0.343 e. The number of carbonyl (C=O) groups excluding carboxylic acids is 4. The summed E-state index contributed by atoms with van der Waals surface area (Å²) in [6.45, 7) is 1.90. The number of rotatable bonds is 9. The summed E-state index contributed by atoms with van der Waals surface area (Å²) in [7, 11) is 2.95. The Labute approximate surface area is 240 Å². The summed E-state index contributed by atoms with van der Waals surface area (Å²) < 4.78 is 21.0. The highest BCUT2D eigenvalue weighted by Crippen LogP contribution is 2.38. The molecule has 1 aromatic heterocycles. The molecule has 0 fully saturated rings. The zero-order valence-corrected chi connectivity index (χ0v) is 23.6. The van der Waals surface area contributed by atoms with Gasteiger partial charge in [-0.3, -0.25) is 9.59 Å². The van der Waals surface area contributed by atoms with Crippen molar-refractivity contribution in [3.63, 3.8) is 0 Å². The van der Waals surface area contributed by atoms with Gasteiger partial charge in [0.05, 0.1) is 38.2 Å². The number of nitrogens with zero attached hydrogens (tertiary/aromatic N) is 1. The maximum absolute atomic E-state index is 12.6. The van der Waals surface area contributed by atoms with Gasteiger partial charge >= 0.3 is 23.8 Å². The van der Waals surface area contributed by atoms with E-state index in [0.29, 0.717) is 27.4 Å². The number of nitrogens with one attached hydrogen (secondary N) is 2. The first kappa shape index (κ1) is 29.3. The number of thiophene rings is 1. The lowest BCUT2D eigenvalue weighted by Crippen LogP contribution is -2.32. The number of hydrogen-bond donors (Lipinski definition) is 2. The molecule has 4 rings (SSSR count). The minimum atomic E-state index is -1.01. The van der Waals surface area contributed by atoms with E-state index in [1.165, 1.54) is 37.8 Å². The van der Waals surface area contributed by atoms with Crippen LogP contribution in [0.4, 0.5) is 5.00 Å². The SMILES string of the molecule is CCOC(=O)c1c(NC(=O)C(=O)NN=Cc2ccc(OC(=O)c3ccc(OC)cc3)c(OC)c2)sc2c1CCCC2. The van der Waals surface area contributed by atoms with E-state index >= 15 is 0 Å². The van der Waals surface area contributed by atoms with E-state index < -0.39 is 23.8 Å². The molecule has 1 aliphatic rings. The summed E-state index contributed by atoms with van der Waals surface area (Å²) in [5, 5.41) is 6.67. The number of aryl methyl sites for hydroxylation is 1. The molecule has 2 aromatic carbocycles. The van der Waals surface area contributed by atoms with Crippen molar-refractivity contribution in [1.29, 1.82) is 0 Å². The lowest BCUT2D eigenvalue weighted by atomic mass is 9.95. The molecular formula is C29H29N3O8S. The van der Waals surface area contributed by atoms with Crippen molar-refractivity contribution in [2.45, 2.75) is 32.6 Å². The van der Waals surface area contributed by atoms with Gasteiger partial charge in [-0.15, -0.1) is 11.3 Å². The van der Waals surface area contributed by atoms with E-state index in [9.17, 15) is 19.2 Å². The van der Waals surface area contributed by atoms with Crippen molar-refractivity contribution in [1.82, 2.24) is 5.43 Å². The third kappa shape index (κ3) is 7.09. The molecule has 3 aromatic rings.